The summed E-state index contributed by atoms with van der Waals surface area (Å²) < 4.78 is 1.27. The van der Waals surface area contributed by atoms with Crippen LogP contribution in [0.1, 0.15) is 39.0 Å². The molecule has 0 aromatic carbocycles. The number of hydrogen-bond donors (Lipinski definition) is 1. The van der Waals surface area contributed by atoms with Crippen molar-refractivity contribution in [2.24, 2.45) is 5.41 Å². The van der Waals surface area contributed by atoms with Crippen LogP contribution < -0.4 is 5.32 Å². The van der Waals surface area contributed by atoms with Crippen LogP contribution >= 0.6 is 27.3 Å². The van der Waals surface area contributed by atoms with Gasteiger partial charge in [0.25, 0.3) is 0 Å². The Bertz CT molecular complexity index is 317. The highest BCUT2D eigenvalue weighted by Gasteiger charge is 2.18. The molecule has 1 aromatic heterocycles. The molecule has 0 radical (unpaired) electrons. The van der Waals surface area contributed by atoms with Crippen molar-refractivity contribution in [1.82, 2.24) is 5.32 Å². The molecule has 0 amide bonds. The predicted octanol–water partition coefficient (Wildman–Crippen LogP) is 4.47. The van der Waals surface area contributed by atoms with Crippen molar-refractivity contribution in [3.8, 4) is 0 Å². The fourth-order valence-corrected chi connectivity index (χ4v) is 3.08. The molecule has 1 rings (SSSR count). The Balaban J connectivity index is 2.38. The molecule has 0 bridgehead atoms. The lowest BCUT2D eigenvalue weighted by molar-refractivity contribution is 0.305. The van der Waals surface area contributed by atoms with Gasteiger partial charge in [-0.25, -0.2) is 0 Å². The zero-order chi connectivity index (χ0) is 12.2. The van der Waals surface area contributed by atoms with E-state index in [2.05, 4.69) is 60.4 Å². The van der Waals surface area contributed by atoms with Crippen LogP contribution in [0.4, 0.5) is 0 Å². The third-order valence-corrected chi connectivity index (χ3v) is 4.69. The van der Waals surface area contributed by atoms with E-state index in [1.807, 2.05) is 11.3 Å². The zero-order valence-corrected chi connectivity index (χ0v) is 13.0. The van der Waals surface area contributed by atoms with Crippen LogP contribution in [0.2, 0.25) is 0 Å². The van der Waals surface area contributed by atoms with E-state index in [0.717, 1.165) is 6.54 Å². The van der Waals surface area contributed by atoms with Crippen LogP contribution in [0.3, 0.4) is 0 Å². The highest BCUT2D eigenvalue weighted by atomic mass is 79.9. The second kappa shape index (κ2) is 6.18. The van der Waals surface area contributed by atoms with Gasteiger partial charge in [-0.3, -0.25) is 0 Å². The Morgan fingerprint density at radius 3 is 2.62 bits per heavy atom. The van der Waals surface area contributed by atoms with Crippen molar-refractivity contribution in [3.05, 3.63) is 20.8 Å². The normalized spacial score (nSPS) is 12.4. The van der Waals surface area contributed by atoms with Crippen molar-refractivity contribution >= 4 is 27.3 Å². The van der Waals surface area contributed by atoms with E-state index in [-0.39, 0.29) is 0 Å². The fraction of sp³-hybridized carbons (Fsp3) is 0.692. The molecule has 0 aliphatic rings. The Morgan fingerprint density at radius 1 is 1.44 bits per heavy atom. The fourth-order valence-electron chi connectivity index (χ4n) is 1.52. The van der Waals surface area contributed by atoms with Crippen molar-refractivity contribution < 1.29 is 0 Å². The molecule has 0 spiro atoms. The molecule has 92 valence electrons. The zero-order valence-electron chi connectivity index (χ0n) is 10.6. The van der Waals surface area contributed by atoms with Crippen molar-refractivity contribution in [1.29, 1.82) is 0 Å². The molecule has 1 heterocycles. The third-order valence-electron chi connectivity index (χ3n) is 2.71. The standard InChI is InChI=1S/C13H22BrNS/c1-10(2)15-9-13(3,4)7-5-12-11(14)6-8-16-12/h6,8,10,15H,5,7,9H2,1-4H3. The number of aryl methyl sites for hydroxylation is 1. The van der Waals surface area contributed by atoms with Gasteiger partial charge in [-0.2, -0.15) is 0 Å². The number of rotatable bonds is 6. The molecule has 0 atom stereocenters. The minimum absolute atomic E-state index is 0.369. The lowest BCUT2D eigenvalue weighted by Gasteiger charge is -2.26. The summed E-state index contributed by atoms with van der Waals surface area (Å²) in [4.78, 5) is 1.47. The maximum atomic E-state index is 3.59. The van der Waals surface area contributed by atoms with Crippen LogP contribution in [-0.4, -0.2) is 12.6 Å². The summed E-state index contributed by atoms with van der Waals surface area (Å²) in [6.07, 6.45) is 2.40. The number of thiophene rings is 1. The first-order valence-electron chi connectivity index (χ1n) is 5.86. The van der Waals surface area contributed by atoms with Crippen molar-refractivity contribution in [3.63, 3.8) is 0 Å². The second-order valence-electron chi connectivity index (χ2n) is 5.39. The van der Waals surface area contributed by atoms with Gasteiger partial charge < -0.3 is 5.32 Å². The SMILES string of the molecule is CC(C)NCC(C)(C)CCc1sccc1Br. The molecule has 16 heavy (non-hydrogen) atoms. The van der Waals surface area contributed by atoms with Crippen LogP contribution in [0.5, 0.6) is 0 Å². The highest BCUT2D eigenvalue weighted by Crippen LogP contribution is 2.28. The molecule has 0 aliphatic carbocycles. The summed E-state index contributed by atoms with van der Waals surface area (Å²) in [5, 5.41) is 5.67. The van der Waals surface area contributed by atoms with E-state index in [4.69, 9.17) is 0 Å². The van der Waals surface area contributed by atoms with E-state index >= 15 is 0 Å². The highest BCUT2D eigenvalue weighted by molar-refractivity contribution is 9.10. The second-order valence-corrected chi connectivity index (χ2v) is 7.25. The van der Waals surface area contributed by atoms with Gasteiger partial charge in [-0.15, -0.1) is 11.3 Å². The number of nitrogens with one attached hydrogen (secondary N) is 1. The van der Waals surface area contributed by atoms with Gasteiger partial charge in [0.1, 0.15) is 0 Å². The summed E-state index contributed by atoms with van der Waals surface area (Å²) >= 11 is 5.44. The summed E-state index contributed by atoms with van der Waals surface area (Å²) in [5.74, 6) is 0. The van der Waals surface area contributed by atoms with Gasteiger partial charge in [-0.1, -0.05) is 27.7 Å². The molecule has 0 saturated carbocycles. The molecule has 3 heteroatoms. The largest absolute Gasteiger partial charge is 0.314 e. The van der Waals surface area contributed by atoms with E-state index in [0.29, 0.717) is 11.5 Å². The summed E-state index contributed by atoms with van der Waals surface area (Å²) in [6, 6.07) is 2.71. The van der Waals surface area contributed by atoms with E-state index in [1.165, 1.54) is 22.2 Å². The molecule has 1 N–H and O–H groups in total. The van der Waals surface area contributed by atoms with E-state index in [9.17, 15) is 0 Å². The molecule has 0 fully saturated rings. The average molecular weight is 304 g/mol. The van der Waals surface area contributed by atoms with Crippen LogP contribution in [0.15, 0.2) is 15.9 Å². The maximum absolute atomic E-state index is 3.59. The first-order valence-corrected chi connectivity index (χ1v) is 7.53. The maximum Gasteiger partial charge on any atom is 0.0314 e. The third kappa shape index (κ3) is 4.98. The monoisotopic (exact) mass is 303 g/mol. The quantitative estimate of drug-likeness (QED) is 0.818. The van der Waals surface area contributed by atoms with Gasteiger partial charge in [0, 0.05) is 21.9 Å². The number of halogens is 1. The Labute approximate surface area is 112 Å². The summed E-state index contributed by atoms with van der Waals surface area (Å²) in [5.41, 5.74) is 0.369. The minimum atomic E-state index is 0.369. The Hall–Kier alpha value is 0.140. The lowest BCUT2D eigenvalue weighted by atomic mass is 9.87. The minimum Gasteiger partial charge on any atom is -0.314 e. The van der Waals surface area contributed by atoms with Gasteiger partial charge >= 0.3 is 0 Å². The number of hydrogen-bond acceptors (Lipinski definition) is 2. The van der Waals surface area contributed by atoms with Crippen molar-refractivity contribution in [2.75, 3.05) is 6.54 Å². The topological polar surface area (TPSA) is 12.0 Å². The molecular weight excluding hydrogens is 282 g/mol. The molecule has 1 nitrogen and oxygen atoms in total. The van der Waals surface area contributed by atoms with Crippen LogP contribution in [-0.2, 0) is 6.42 Å². The van der Waals surface area contributed by atoms with Crippen LogP contribution in [0, 0.1) is 5.41 Å². The predicted molar refractivity (Wildman–Crippen MR) is 77.3 cm³/mol. The molecule has 1 aromatic rings. The first-order chi connectivity index (χ1) is 7.41. The molecular formula is C13H22BrNS. The first kappa shape index (κ1) is 14.2. The summed E-state index contributed by atoms with van der Waals surface area (Å²) in [6.45, 7) is 10.2. The molecule has 0 saturated heterocycles. The average Bonchev–Trinajstić information content (AvgIpc) is 2.59. The Kier molecular flexibility index (Phi) is 5.48. The van der Waals surface area contributed by atoms with Gasteiger partial charge in [0.05, 0.1) is 0 Å². The molecule has 0 unspecified atom stereocenters. The lowest BCUT2D eigenvalue weighted by Crippen LogP contribution is -2.34. The van der Waals surface area contributed by atoms with Crippen LogP contribution in [0.25, 0.3) is 0 Å². The Morgan fingerprint density at radius 2 is 2.12 bits per heavy atom. The molecule has 0 aliphatic heterocycles. The van der Waals surface area contributed by atoms with Gasteiger partial charge in [-0.05, 0) is 45.6 Å². The van der Waals surface area contributed by atoms with Crippen molar-refractivity contribution in [2.45, 2.75) is 46.6 Å². The van der Waals surface area contributed by atoms with Gasteiger partial charge in [0.15, 0.2) is 0 Å². The van der Waals surface area contributed by atoms with E-state index in [1.54, 1.807) is 0 Å². The van der Waals surface area contributed by atoms with Gasteiger partial charge in [0.2, 0.25) is 0 Å². The van der Waals surface area contributed by atoms with E-state index < -0.39 is 0 Å². The summed E-state index contributed by atoms with van der Waals surface area (Å²) in [7, 11) is 0. The smallest absolute Gasteiger partial charge is 0.0314 e.